The molecule has 1 heterocycles. The Morgan fingerprint density at radius 2 is 2.14 bits per heavy atom. The molecule has 0 saturated carbocycles. The number of alkyl halides is 2. The number of hydrogen-bond acceptors (Lipinski definition) is 3. The molecule has 1 amide bonds. The Balaban J connectivity index is 2.22. The summed E-state index contributed by atoms with van der Waals surface area (Å²) in [5, 5.41) is 2.70. The van der Waals surface area contributed by atoms with E-state index in [0.29, 0.717) is 12.2 Å². The highest BCUT2D eigenvalue weighted by Crippen LogP contribution is 2.37. The van der Waals surface area contributed by atoms with Gasteiger partial charge in [0.05, 0.1) is 15.6 Å². The van der Waals surface area contributed by atoms with Gasteiger partial charge in [0, 0.05) is 6.42 Å². The molecule has 2 rings (SSSR count). The van der Waals surface area contributed by atoms with Gasteiger partial charge in [-0.05, 0) is 24.3 Å². The van der Waals surface area contributed by atoms with Crippen molar-refractivity contribution in [1.82, 2.24) is 0 Å². The summed E-state index contributed by atoms with van der Waals surface area (Å²) in [6, 6.07) is 7.82. The van der Waals surface area contributed by atoms with Crippen molar-refractivity contribution in [1.29, 1.82) is 0 Å². The molecule has 0 bridgehead atoms. The minimum absolute atomic E-state index is 0.125. The minimum atomic E-state index is -2.63. The fraction of sp³-hybridized carbons (Fsp3) is 0.214. The lowest BCUT2D eigenvalue weighted by Gasteiger charge is -2.11. The number of aryl methyl sites for hydroxylation is 1. The van der Waals surface area contributed by atoms with E-state index in [9.17, 15) is 13.6 Å². The monoisotopic (exact) mass is 331 g/mol. The minimum Gasteiger partial charge on any atom is -0.456 e. The van der Waals surface area contributed by atoms with Crippen LogP contribution in [0.4, 0.5) is 14.5 Å². The molecule has 112 valence electrons. The Bertz CT molecular complexity index is 646. The fourth-order valence-corrected chi connectivity index (χ4v) is 2.60. The van der Waals surface area contributed by atoms with Gasteiger partial charge in [0.2, 0.25) is 0 Å². The number of nitrogens with one attached hydrogen (secondary N) is 1. The van der Waals surface area contributed by atoms with Crippen molar-refractivity contribution in [3.8, 4) is 0 Å². The normalized spacial score (nSPS) is 10.9. The number of carbonyl (C=O) groups is 1. The number of anilines is 1. The maximum Gasteiger partial charge on any atom is 0.291 e. The highest BCUT2D eigenvalue weighted by molar-refractivity contribution is 7.99. The van der Waals surface area contributed by atoms with Gasteiger partial charge in [-0.15, -0.1) is 0 Å². The van der Waals surface area contributed by atoms with Crippen molar-refractivity contribution in [3.05, 3.63) is 46.9 Å². The molecule has 0 saturated heterocycles. The molecule has 21 heavy (non-hydrogen) atoms. The van der Waals surface area contributed by atoms with Crippen LogP contribution in [0.3, 0.4) is 0 Å². The van der Waals surface area contributed by atoms with Gasteiger partial charge in [-0.25, -0.2) is 0 Å². The third kappa shape index (κ3) is 3.98. The number of benzene rings is 1. The number of furan rings is 1. The molecule has 7 heteroatoms. The molecule has 1 aromatic carbocycles. The first-order valence-corrected chi connectivity index (χ1v) is 7.40. The summed E-state index contributed by atoms with van der Waals surface area (Å²) in [4.78, 5) is 12.2. The van der Waals surface area contributed by atoms with E-state index in [-0.39, 0.29) is 33.1 Å². The Hall–Kier alpha value is -1.53. The molecule has 0 radical (unpaired) electrons. The van der Waals surface area contributed by atoms with Crippen LogP contribution in [0.1, 0.15) is 23.2 Å². The molecule has 0 spiro atoms. The Morgan fingerprint density at radius 3 is 2.76 bits per heavy atom. The van der Waals surface area contributed by atoms with Crippen molar-refractivity contribution in [2.75, 3.05) is 5.32 Å². The summed E-state index contributed by atoms with van der Waals surface area (Å²) in [5.41, 5.74) is 0.229. The summed E-state index contributed by atoms with van der Waals surface area (Å²) < 4.78 is 30.4. The van der Waals surface area contributed by atoms with Crippen LogP contribution in [0.2, 0.25) is 5.02 Å². The molecule has 0 atom stereocenters. The van der Waals surface area contributed by atoms with E-state index in [4.69, 9.17) is 16.0 Å². The van der Waals surface area contributed by atoms with E-state index in [1.54, 1.807) is 18.2 Å². The largest absolute Gasteiger partial charge is 0.456 e. The van der Waals surface area contributed by atoms with Gasteiger partial charge in [-0.1, -0.05) is 36.4 Å². The van der Waals surface area contributed by atoms with Crippen LogP contribution in [-0.2, 0) is 6.42 Å². The first-order chi connectivity index (χ1) is 10.0. The van der Waals surface area contributed by atoms with Gasteiger partial charge >= 0.3 is 0 Å². The first-order valence-electron chi connectivity index (χ1n) is 6.14. The molecule has 0 unspecified atom stereocenters. The summed E-state index contributed by atoms with van der Waals surface area (Å²) in [6.45, 7) is 1.90. The zero-order chi connectivity index (χ0) is 15.4. The molecule has 0 aliphatic carbocycles. The number of thioether (sulfide) groups is 1. The number of amides is 1. The quantitative estimate of drug-likeness (QED) is 0.778. The predicted octanol–water partition coefficient (Wildman–Crippen LogP) is 5.06. The van der Waals surface area contributed by atoms with Gasteiger partial charge in [0.1, 0.15) is 5.76 Å². The standard InChI is InChI=1S/C14H12ClF2NO2S/c1-2-8-6-7-11(20-8)13(19)18-10-5-3-4-9(15)12(10)21-14(16)17/h3-7,14H,2H2,1H3,(H,18,19). The smallest absolute Gasteiger partial charge is 0.291 e. The molecule has 0 aliphatic heterocycles. The molecule has 0 fully saturated rings. The average molecular weight is 332 g/mol. The van der Waals surface area contributed by atoms with E-state index in [1.807, 2.05) is 6.92 Å². The van der Waals surface area contributed by atoms with Crippen LogP contribution in [0.15, 0.2) is 39.6 Å². The van der Waals surface area contributed by atoms with Crippen molar-refractivity contribution < 1.29 is 18.0 Å². The second-order valence-corrected chi connectivity index (χ2v) is 5.48. The number of halogens is 3. The average Bonchev–Trinajstić information content (AvgIpc) is 2.91. The van der Waals surface area contributed by atoms with Crippen molar-refractivity contribution in [2.45, 2.75) is 24.0 Å². The Kier molecular flexibility index (Phi) is 5.25. The van der Waals surface area contributed by atoms with E-state index in [0.717, 1.165) is 0 Å². The van der Waals surface area contributed by atoms with Crippen LogP contribution in [0.5, 0.6) is 0 Å². The predicted molar refractivity (Wildman–Crippen MR) is 79.4 cm³/mol. The third-order valence-electron chi connectivity index (χ3n) is 2.66. The highest BCUT2D eigenvalue weighted by atomic mass is 35.5. The molecular formula is C14H12ClF2NO2S. The lowest BCUT2D eigenvalue weighted by molar-refractivity contribution is 0.0994. The summed E-state index contributed by atoms with van der Waals surface area (Å²) in [6.07, 6.45) is 0.664. The molecule has 1 aromatic heterocycles. The fourth-order valence-electron chi connectivity index (χ4n) is 1.69. The highest BCUT2D eigenvalue weighted by Gasteiger charge is 2.17. The lowest BCUT2D eigenvalue weighted by Crippen LogP contribution is -2.12. The zero-order valence-electron chi connectivity index (χ0n) is 11.0. The Labute approximate surface area is 129 Å². The molecule has 3 nitrogen and oxygen atoms in total. The van der Waals surface area contributed by atoms with Crippen LogP contribution in [0, 0.1) is 0 Å². The number of carbonyl (C=O) groups excluding carboxylic acids is 1. The van der Waals surface area contributed by atoms with Crippen molar-refractivity contribution in [3.63, 3.8) is 0 Å². The first kappa shape index (κ1) is 15.9. The van der Waals surface area contributed by atoms with Crippen molar-refractivity contribution >= 4 is 35.0 Å². The molecule has 2 aromatic rings. The molecule has 1 N–H and O–H groups in total. The lowest BCUT2D eigenvalue weighted by atomic mass is 10.3. The van der Waals surface area contributed by atoms with Crippen LogP contribution < -0.4 is 5.32 Å². The molecular weight excluding hydrogens is 320 g/mol. The van der Waals surface area contributed by atoms with E-state index in [1.165, 1.54) is 12.1 Å². The van der Waals surface area contributed by atoms with E-state index >= 15 is 0 Å². The summed E-state index contributed by atoms with van der Waals surface area (Å²) >= 11 is 6.19. The van der Waals surface area contributed by atoms with Crippen molar-refractivity contribution in [2.24, 2.45) is 0 Å². The number of rotatable bonds is 5. The van der Waals surface area contributed by atoms with Crippen LogP contribution in [0.25, 0.3) is 0 Å². The Morgan fingerprint density at radius 1 is 1.38 bits per heavy atom. The topological polar surface area (TPSA) is 42.2 Å². The third-order valence-corrected chi connectivity index (χ3v) is 3.94. The van der Waals surface area contributed by atoms with Crippen LogP contribution >= 0.6 is 23.4 Å². The number of hydrogen-bond donors (Lipinski definition) is 1. The summed E-state index contributed by atoms with van der Waals surface area (Å²) in [7, 11) is 0. The van der Waals surface area contributed by atoms with Gasteiger partial charge in [-0.3, -0.25) is 4.79 Å². The van der Waals surface area contributed by atoms with Crippen LogP contribution in [-0.4, -0.2) is 11.7 Å². The maximum absolute atomic E-state index is 12.6. The van der Waals surface area contributed by atoms with Gasteiger partial charge in [0.25, 0.3) is 11.7 Å². The van der Waals surface area contributed by atoms with Gasteiger partial charge in [0.15, 0.2) is 5.76 Å². The van der Waals surface area contributed by atoms with E-state index < -0.39 is 11.7 Å². The zero-order valence-corrected chi connectivity index (χ0v) is 12.6. The maximum atomic E-state index is 12.6. The molecule has 0 aliphatic rings. The van der Waals surface area contributed by atoms with Gasteiger partial charge < -0.3 is 9.73 Å². The SMILES string of the molecule is CCc1ccc(C(=O)Nc2cccc(Cl)c2SC(F)F)o1. The van der Waals surface area contributed by atoms with E-state index in [2.05, 4.69) is 5.32 Å². The summed E-state index contributed by atoms with van der Waals surface area (Å²) in [5.74, 6) is -2.34. The van der Waals surface area contributed by atoms with Gasteiger partial charge in [-0.2, -0.15) is 8.78 Å². The second kappa shape index (κ2) is 6.95. The second-order valence-electron chi connectivity index (χ2n) is 4.07.